The average molecular weight is 199 g/mol. The summed E-state index contributed by atoms with van der Waals surface area (Å²) < 4.78 is 0. The van der Waals surface area contributed by atoms with E-state index in [1.807, 2.05) is 20.9 Å². The Bertz CT molecular complexity index is 215. The molecule has 4 heteroatoms. The van der Waals surface area contributed by atoms with Crippen LogP contribution in [-0.2, 0) is 4.79 Å². The molecule has 1 saturated heterocycles. The first kappa shape index (κ1) is 11.5. The molecule has 0 aliphatic carbocycles. The van der Waals surface area contributed by atoms with Crippen LogP contribution in [0.15, 0.2) is 0 Å². The molecule has 1 atom stereocenters. The normalized spacial score (nSPS) is 23.9. The first-order valence-corrected chi connectivity index (χ1v) is 5.15. The maximum Gasteiger partial charge on any atom is 0.224 e. The molecule has 0 saturated carbocycles. The van der Waals surface area contributed by atoms with E-state index in [4.69, 9.17) is 5.73 Å². The van der Waals surface area contributed by atoms with Gasteiger partial charge in [-0.25, -0.2) is 0 Å². The molecular weight excluding hydrogens is 178 g/mol. The molecule has 1 rings (SSSR count). The van der Waals surface area contributed by atoms with Gasteiger partial charge in [0.25, 0.3) is 0 Å². The molecule has 0 aromatic rings. The molecular formula is C10H21N3O. The van der Waals surface area contributed by atoms with E-state index in [0.717, 1.165) is 19.5 Å². The zero-order valence-electron chi connectivity index (χ0n) is 9.34. The summed E-state index contributed by atoms with van der Waals surface area (Å²) in [5.41, 5.74) is 5.28. The van der Waals surface area contributed by atoms with Crippen molar-refractivity contribution >= 4 is 5.91 Å². The zero-order chi connectivity index (χ0) is 10.8. The fraction of sp³-hybridized carbons (Fsp3) is 0.900. The molecule has 14 heavy (non-hydrogen) atoms. The van der Waals surface area contributed by atoms with Crippen molar-refractivity contribution in [3.8, 4) is 0 Å². The number of hydrogen-bond acceptors (Lipinski definition) is 3. The highest BCUT2D eigenvalue weighted by molar-refractivity contribution is 5.79. The number of carbonyl (C=O) groups is 1. The van der Waals surface area contributed by atoms with Gasteiger partial charge < -0.3 is 16.0 Å². The minimum Gasteiger partial charge on any atom is -0.350 e. The highest BCUT2D eigenvalue weighted by Gasteiger charge is 2.29. The predicted octanol–water partition coefficient (Wildman–Crippen LogP) is -0.208. The van der Waals surface area contributed by atoms with Crippen molar-refractivity contribution in [2.75, 3.05) is 26.7 Å². The van der Waals surface area contributed by atoms with E-state index in [1.54, 1.807) is 0 Å². The molecule has 0 spiro atoms. The highest BCUT2D eigenvalue weighted by Crippen LogP contribution is 2.15. The van der Waals surface area contributed by atoms with Crippen LogP contribution in [-0.4, -0.2) is 43.0 Å². The number of amides is 1. The number of nitrogens with one attached hydrogen (secondary N) is 1. The van der Waals surface area contributed by atoms with E-state index < -0.39 is 0 Å². The number of carbonyl (C=O) groups excluding carboxylic acids is 1. The van der Waals surface area contributed by atoms with Crippen molar-refractivity contribution in [2.24, 2.45) is 11.7 Å². The van der Waals surface area contributed by atoms with E-state index in [0.29, 0.717) is 6.54 Å². The molecule has 82 valence electrons. The summed E-state index contributed by atoms with van der Waals surface area (Å²) in [6, 6.07) is 0. The Morgan fingerprint density at radius 3 is 2.71 bits per heavy atom. The Kier molecular flexibility index (Phi) is 3.50. The second-order valence-electron chi connectivity index (χ2n) is 4.83. The van der Waals surface area contributed by atoms with Crippen molar-refractivity contribution in [3.05, 3.63) is 0 Å². The van der Waals surface area contributed by atoms with Gasteiger partial charge in [-0.3, -0.25) is 4.79 Å². The molecule has 0 radical (unpaired) electrons. The van der Waals surface area contributed by atoms with Gasteiger partial charge in [0, 0.05) is 18.6 Å². The smallest absolute Gasteiger partial charge is 0.224 e. The number of nitrogens with two attached hydrogens (primary N) is 1. The summed E-state index contributed by atoms with van der Waals surface area (Å²) in [5.74, 6) is 0.288. The van der Waals surface area contributed by atoms with Crippen molar-refractivity contribution in [1.82, 2.24) is 10.2 Å². The van der Waals surface area contributed by atoms with Crippen molar-refractivity contribution in [2.45, 2.75) is 25.8 Å². The van der Waals surface area contributed by atoms with Gasteiger partial charge in [0.1, 0.15) is 0 Å². The Hall–Kier alpha value is -0.610. The van der Waals surface area contributed by atoms with Gasteiger partial charge in [-0.05, 0) is 33.9 Å². The first-order chi connectivity index (χ1) is 6.44. The van der Waals surface area contributed by atoms with Crippen LogP contribution in [0.2, 0.25) is 0 Å². The average Bonchev–Trinajstić information content (AvgIpc) is 2.51. The summed E-state index contributed by atoms with van der Waals surface area (Å²) >= 11 is 0. The van der Waals surface area contributed by atoms with Gasteiger partial charge in [0.2, 0.25) is 5.91 Å². The Morgan fingerprint density at radius 1 is 1.64 bits per heavy atom. The van der Waals surface area contributed by atoms with Crippen LogP contribution in [0.25, 0.3) is 0 Å². The molecule has 1 aliphatic rings. The quantitative estimate of drug-likeness (QED) is 0.661. The van der Waals surface area contributed by atoms with E-state index in [1.165, 1.54) is 0 Å². The van der Waals surface area contributed by atoms with Gasteiger partial charge in [-0.15, -0.1) is 0 Å². The topological polar surface area (TPSA) is 58.4 Å². The van der Waals surface area contributed by atoms with Crippen molar-refractivity contribution in [1.29, 1.82) is 0 Å². The van der Waals surface area contributed by atoms with Gasteiger partial charge in [0.05, 0.1) is 5.92 Å². The second-order valence-corrected chi connectivity index (χ2v) is 4.83. The molecule has 4 nitrogen and oxygen atoms in total. The minimum absolute atomic E-state index is 0.143. The van der Waals surface area contributed by atoms with Crippen molar-refractivity contribution < 1.29 is 4.79 Å². The molecule has 0 bridgehead atoms. The lowest BCUT2D eigenvalue weighted by Gasteiger charge is -2.26. The van der Waals surface area contributed by atoms with Gasteiger partial charge in [-0.1, -0.05) is 0 Å². The highest BCUT2D eigenvalue weighted by atomic mass is 16.2. The van der Waals surface area contributed by atoms with Gasteiger partial charge in [0.15, 0.2) is 0 Å². The van der Waals surface area contributed by atoms with E-state index in [2.05, 4.69) is 10.2 Å². The van der Waals surface area contributed by atoms with Crippen LogP contribution in [0.1, 0.15) is 20.3 Å². The summed E-state index contributed by atoms with van der Waals surface area (Å²) in [6.45, 7) is 6.25. The molecule has 1 aliphatic heterocycles. The van der Waals surface area contributed by atoms with Gasteiger partial charge in [-0.2, -0.15) is 0 Å². The third-order valence-electron chi connectivity index (χ3n) is 2.73. The maximum absolute atomic E-state index is 11.8. The first-order valence-electron chi connectivity index (χ1n) is 5.15. The summed E-state index contributed by atoms with van der Waals surface area (Å²) in [7, 11) is 2.04. The molecule has 1 fully saturated rings. The molecule has 1 unspecified atom stereocenters. The van der Waals surface area contributed by atoms with Gasteiger partial charge >= 0.3 is 0 Å². The zero-order valence-corrected chi connectivity index (χ0v) is 9.34. The lowest BCUT2D eigenvalue weighted by molar-refractivity contribution is -0.126. The largest absolute Gasteiger partial charge is 0.350 e. The monoisotopic (exact) mass is 199 g/mol. The molecule has 0 aromatic heterocycles. The number of rotatable bonds is 3. The van der Waals surface area contributed by atoms with Crippen LogP contribution < -0.4 is 11.1 Å². The SMILES string of the molecule is CN1CCC(C(=O)NC(C)(C)CN)C1. The third-order valence-corrected chi connectivity index (χ3v) is 2.73. The van der Waals surface area contributed by atoms with Crippen LogP contribution in [0, 0.1) is 5.92 Å². The van der Waals surface area contributed by atoms with E-state index >= 15 is 0 Å². The second kappa shape index (κ2) is 4.28. The predicted molar refractivity (Wildman–Crippen MR) is 56.9 cm³/mol. The standard InChI is InChI=1S/C10H21N3O/c1-10(2,7-11)12-9(14)8-4-5-13(3)6-8/h8H,4-7,11H2,1-3H3,(H,12,14). The molecule has 0 aromatic carbocycles. The Balaban J connectivity index is 2.43. The third kappa shape index (κ3) is 2.96. The van der Waals surface area contributed by atoms with Crippen LogP contribution in [0.4, 0.5) is 0 Å². The maximum atomic E-state index is 11.8. The van der Waals surface area contributed by atoms with E-state index in [9.17, 15) is 4.79 Å². The minimum atomic E-state index is -0.280. The lowest BCUT2D eigenvalue weighted by Crippen LogP contribution is -2.51. The lowest BCUT2D eigenvalue weighted by atomic mass is 10.0. The fourth-order valence-electron chi connectivity index (χ4n) is 1.64. The summed E-state index contributed by atoms with van der Waals surface area (Å²) in [4.78, 5) is 14.0. The molecule has 1 heterocycles. The Labute approximate surface area is 85.8 Å². The van der Waals surface area contributed by atoms with Crippen LogP contribution in [0.5, 0.6) is 0 Å². The van der Waals surface area contributed by atoms with Crippen LogP contribution >= 0.6 is 0 Å². The fourth-order valence-corrected chi connectivity index (χ4v) is 1.64. The van der Waals surface area contributed by atoms with Crippen molar-refractivity contribution in [3.63, 3.8) is 0 Å². The summed E-state index contributed by atoms with van der Waals surface area (Å²) in [6.07, 6.45) is 0.961. The number of likely N-dealkylation sites (tertiary alicyclic amines) is 1. The summed E-state index contributed by atoms with van der Waals surface area (Å²) in [5, 5.41) is 2.98. The Morgan fingerprint density at radius 2 is 2.29 bits per heavy atom. The van der Waals surface area contributed by atoms with E-state index in [-0.39, 0.29) is 17.4 Å². The number of hydrogen-bond donors (Lipinski definition) is 2. The number of nitrogens with zero attached hydrogens (tertiary/aromatic N) is 1. The van der Waals surface area contributed by atoms with Crippen LogP contribution in [0.3, 0.4) is 0 Å². The molecule has 1 amide bonds. The molecule has 3 N–H and O–H groups in total.